The summed E-state index contributed by atoms with van der Waals surface area (Å²) in [6.07, 6.45) is 5.59. The van der Waals surface area contributed by atoms with Gasteiger partial charge in [0.1, 0.15) is 0 Å². The van der Waals surface area contributed by atoms with Crippen LogP contribution in [0, 0.1) is 5.92 Å². The van der Waals surface area contributed by atoms with E-state index in [1.807, 2.05) is 4.90 Å². The zero-order valence-electron chi connectivity index (χ0n) is 16.1. The third kappa shape index (κ3) is 4.87. The number of unbranched alkanes of at least 4 members (excludes halogenated alkanes) is 1. The summed E-state index contributed by atoms with van der Waals surface area (Å²) in [5.41, 5.74) is 1.31. The lowest BCUT2D eigenvalue weighted by atomic mass is 10.1. The molecule has 0 radical (unpaired) electrons. The Morgan fingerprint density at radius 3 is 2.48 bits per heavy atom. The van der Waals surface area contributed by atoms with Crippen molar-refractivity contribution in [3.63, 3.8) is 0 Å². The second-order valence-corrected chi connectivity index (χ2v) is 7.51. The molecule has 1 N–H and O–H groups in total. The van der Waals surface area contributed by atoms with Gasteiger partial charge in [-0.15, -0.1) is 0 Å². The molecule has 2 heterocycles. The molecule has 27 heavy (non-hydrogen) atoms. The molecule has 1 aromatic carbocycles. The number of benzene rings is 1. The minimum absolute atomic E-state index is 0.0560. The van der Waals surface area contributed by atoms with Crippen molar-refractivity contribution in [3.8, 4) is 0 Å². The van der Waals surface area contributed by atoms with Gasteiger partial charge < -0.3 is 15.1 Å². The fraction of sp³-hybridized carbons (Fsp3) is 0.571. The van der Waals surface area contributed by atoms with Crippen molar-refractivity contribution in [1.29, 1.82) is 0 Å². The highest BCUT2D eigenvalue weighted by Gasteiger charge is 2.33. The van der Waals surface area contributed by atoms with Crippen molar-refractivity contribution >= 4 is 23.4 Å². The molecule has 3 rings (SSSR count). The molecular weight excluding hydrogens is 342 g/mol. The normalized spacial score (nSPS) is 20.0. The van der Waals surface area contributed by atoms with Gasteiger partial charge in [-0.1, -0.05) is 13.3 Å². The molecule has 6 nitrogen and oxygen atoms in total. The maximum absolute atomic E-state index is 12.5. The molecule has 146 valence electrons. The first-order chi connectivity index (χ1) is 13.1. The Hall–Kier alpha value is -2.37. The lowest BCUT2D eigenvalue weighted by Gasteiger charge is -2.26. The largest absolute Gasteiger partial charge is 0.342 e. The van der Waals surface area contributed by atoms with Gasteiger partial charge in [-0.25, -0.2) is 0 Å². The first-order valence-electron chi connectivity index (χ1n) is 10.1. The van der Waals surface area contributed by atoms with Gasteiger partial charge in [-0.2, -0.15) is 0 Å². The summed E-state index contributed by atoms with van der Waals surface area (Å²) in [6.45, 7) is 4.95. The maximum atomic E-state index is 12.5. The topological polar surface area (TPSA) is 69.7 Å². The Kier molecular flexibility index (Phi) is 6.48. The molecule has 0 saturated carbocycles. The van der Waals surface area contributed by atoms with Crippen LogP contribution in [0.2, 0.25) is 0 Å². The lowest BCUT2D eigenvalue weighted by Crippen LogP contribution is -2.35. The van der Waals surface area contributed by atoms with Gasteiger partial charge in [0.05, 0.1) is 5.92 Å². The van der Waals surface area contributed by atoms with Gasteiger partial charge in [0.15, 0.2) is 0 Å². The fourth-order valence-electron chi connectivity index (χ4n) is 3.73. The Morgan fingerprint density at radius 1 is 1.11 bits per heavy atom. The van der Waals surface area contributed by atoms with Crippen LogP contribution >= 0.6 is 0 Å². The van der Waals surface area contributed by atoms with E-state index in [9.17, 15) is 14.4 Å². The van der Waals surface area contributed by atoms with Crippen molar-refractivity contribution in [2.75, 3.05) is 31.5 Å². The van der Waals surface area contributed by atoms with Gasteiger partial charge in [0.2, 0.25) is 11.8 Å². The molecule has 2 aliphatic rings. The van der Waals surface area contributed by atoms with Gasteiger partial charge in [-0.3, -0.25) is 14.4 Å². The number of carbonyl (C=O) groups excluding carboxylic acids is 3. The number of nitrogens with zero attached hydrogens (tertiary/aromatic N) is 2. The van der Waals surface area contributed by atoms with E-state index in [0.717, 1.165) is 45.3 Å². The highest BCUT2D eigenvalue weighted by atomic mass is 16.2. The minimum Gasteiger partial charge on any atom is -0.342 e. The van der Waals surface area contributed by atoms with Gasteiger partial charge in [-0.05, 0) is 49.9 Å². The molecule has 3 amide bonds. The van der Waals surface area contributed by atoms with E-state index in [2.05, 4.69) is 12.2 Å². The molecule has 2 fully saturated rings. The summed E-state index contributed by atoms with van der Waals surface area (Å²) in [7, 11) is 0. The summed E-state index contributed by atoms with van der Waals surface area (Å²) in [4.78, 5) is 40.7. The van der Waals surface area contributed by atoms with Gasteiger partial charge in [0, 0.05) is 43.9 Å². The van der Waals surface area contributed by atoms with Crippen LogP contribution in [0.1, 0.15) is 55.8 Å². The van der Waals surface area contributed by atoms with Crippen molar-refractivity contribution in [3.05, 3.63) is 29.8 Å². The first-order valence-corrected chi connectivity index (χ1v) is 10.1. The van der Waals surface area contributed by atoms with Crippen molar-refractivity contribution in [2.24, 2.45) is 5.92 Å². The summed E-state index contributed by atoms with van der Waals surface area (Å²) in [5.74, 6) is -0.312. The molecule has 0 aromatic heterocycles. The van der Waals surface area contributed by atoms with Crippen molar-refractivity contribution in [1.82, 2.24) is 9.80 Å². The number of anilines is 1. The van der Waals surface area contributed by atoms with Crippen LogP contribution in [-0.4, -0.2) is 53.7 Å². The number of piperidine rings is 1. The molecule has 1 aromatic rings. The molecule has 1 atom stereocenters. The standard InChI is InChI=1S/C21H29N3O3/c1-2-3-11-24-15-17(14-19(24)25)20(26)22-18-9-7-16(8-10-18)21(27)23-12-5-4-6-13-23/h7-10,17H,2-6,11-15H2,1H3,(H,22,26). The monoisotopic (exact) mass is 371 g/mol. The van der Waals surface area contributed by atoms with E-state index in [1.165, 1.54) is 6.42 Å². The van der Waals surface area contributed by atoms with E-state index in [-0.39, 0.29) is 30.1 Å². The third-order valence-corrected chi connectivity index (χ3v) is 5.41. The Labute approximate surface area is 160 Å². The van der Waals surface area contributed by atoms with Crippen LogP contribution in [0.5, 0.6) is 0 Å². The smallest absolute Gasteiger partial charge is 0.253 e. The number of likely N-dealkylation sites (tertiary alicyclic amines) is 2. The first kappa shape index (κ1) is 19.4. The number of carbonyl (C=O) groups is 3. The number of nitrogens with one attached hydrogen (secondary N) is 1. The van der Waals surface area contributed by atoms with E-state index < -0.39 is 0 Å². The maximum Gasteiger partial charge on any atom is 0.253 e. The molecular formula is C21H29N3O3. The summed E-state index contributed by atoms with van der Waals surface area (Å²) >= 11 is 0. The summed E-state index contributed by atoms with van der Waals surface area (Å²) in [5, 5.41) is 2.88. The zero-order chi connectivity index (χ0) is 19.2. The minimum atomic E-state index is -0.302. The second-order valence-electron chi connectivity index (χ2n) is 7.51. The average Bonchev–Trinajstić information content (AvgIpc) is 3.08. The highest BCUT2D eigenvalue weighted by molar-refractivity contribution is 5.98. The van der Waals surface area contributed by atoms with E-state index in [0.29, 0.717) is 17.8 Å². The molecule has 2 aliphatic heterocycles. The third-order valence-electron chi connectivity index (χ3n) is 5.41. The van der Waals surface area contributed by atoms with Gasteiger partial charge >= 0.3 is 0 Å². The number of rotatable bonds is 6. The van der Waals surface area contributed by atoms with E-state index in [1.54, 1.807) is 29.2 Å². The van der Waals surface area contributed by atoms with Crippen LogP contribution in [0.3, 0.4) is 0 Å². The Morgan fingerprint density at radius 2 is 1.81 bits per heavy atom. The van der Waals surface area contributed by atoms with Crippen molar-refractivity contribution in [2.45, 2.75) is 45.4 Å². The van der Waals surface area contributed by atoms with Gasteiger partial charge in [0.25, 0.3) is 5.91 Å². The fourth-order valence-corrected chi connectivity index (χ4v) is 3.73. The zero-order valence-corrected chi connectivity index (χ0v) is 16.1. The predicted molar refractivity (Wildman–Crippen MR) is 104 cm³/mol. The highest BCUT2D eigenvalue weighted by Crippen LogP contribution is 2.21. The quantitative estimate of drug-likeness (QED) is 0.836. The number of amides is 3. The summed E-state index contributed by atoms with van der Waals surface area (Å²) < 4.78 is 0. The van der Waals surface area contributed by atoms with E-state index >= 15 is 0 Å². The van der Waals surface area contributed by atoms with Crippen LogP contribution < -0.4 is 5.32 Å². The molecule has 2 saturated heterocycles. The van der Waals surface area contributed by atoms with Crippen LogP contribution in [0.15, 0.2) is 24.3 Å². The lowest BCUT2D eigenvalue weighted by molar-refractivity contribution is -0.128. The second kappa shape index (κ2) is 9.02. The van der Waals surface area contributed by atoms with Crippen LogP contribution in [-0.2, 0) is 9.59 Å². The Balaban J connectivity index is 1.54. The Bertz CT molecular complexity index is 680. The number of hydrogen-bond donors (Lipinski definition) is 1. The number of hydrogen-bond acceptors (Lipinski definition) is 3. The molecule has 0 bridgehead atoms. The van der Waals surface area contributed by atoms with Crippen LogP contribution in [0.4, 0.5) is 5.69 Å². The average molecular weight is 371 g/mol. The molecule has 0 aliphatic carbocycles. The molecule has 1 unspecified atom stereocenters. The van der Waals surface area contributed by atoms with E-state index in [4.69, 9.17) is 0 Å². The van der Waals surface area contributed by atoms with Crippen molar-refractivity contribution < 1.29 is 14.4 Å². The SMILES string of the molecule is CCCCN1CC(C(=O)Nc2ccc(C(=O)N3CCCCC3)cc2)CC1=O. The molecule has 0 spiro atoms. The summed E-state index contributed by atoms with van der Waals surface area (Å²) in [6, 6.07) is 7.06. The predicted octanol–water partition coefficient (Wildman–Crippen LogP) is 2.90. The molecule has 6 heteroatoms. The van der Waals surface area contributed by atoms with Crippen LogP contribution in [0.25, 0.3) is 0 Å².